The van der Waals surface area contributed by atoms with Crippen LogP contribution in [0.4, 0.5) is 5.69 Å². The molecule has 0 spiro atoms. The predicted molar refractivity (Wildman–Crippen MR) is 124 cm³/mol. The van der Waals surface area contributed by atoms with Gasteiger partial charge in [-0.1, -0.05) is 33.1 Å². The number of rotatable bonds is 6. The highest BCUT2D eigenvalue weighted by Gasteiger charge is 2.22. The molecule has 1 aliphatic rings. The normalized spacial score (nSPS) is 16.0. The molecule has 0 atom stereocenters. The number of hydrogen-bond acceptors (Lipinski definition) is 4. The number of benzene rings is 1. The Balaban J connectivity index is 2.22. The standard InChI is InChI=1S/C24H40N4O2/c1-19(2)24(30)28-16-9-7-5-6-8-13-25-18-21-17-20(11-12-22(21)28)23(29)26-14-10-15-27(3)4/h11-12,17,19,25H,5-10,13-16,18H2,1-4H3,(H,26,29). The molecule has 2 N–H and O–H groups in total. The van der Waals surface area contributed by atoms with Gasteiger partial charge in [0.1, 0.15) is 0 Å². The Morgan fingerprint density at radius 2 is 1.87 bits per heavy atom. The minimum Gasteiger partial charge on any atom is -0.352 e. The number of hydrogen-bond donors (Lipinski definition) is 2. The van der Waals surface area contributed by atoms with E-state index in [1.54, 1.807) is 0 Å². The molecule has 0 fully saturated rings. The summed E-state index contributed by atoms with van der Waals surface area (Å²) in [5, 5.41) is 6.52. The Bertz CT molecular complexity index is 688. The van der Waals surface area contributed by atoms with Crippen LogP contribution >= 0.6 is 0 Å². The summed E-state index contributed by atoms with van der Waals surface area (Å²) in [5.41, 5.74) is 2.61. The molecule has 0 unspecified atom stereocenters. The fourth-order valence-corrected chi connectivity index (χ4v) is 3.77. The van der Waals surface area contributed by atoms with E-state index in [9.17, 15) is 9.59 Å². The second kappa shape index (κ2) is 12.7. The first kappa shape index (κ1) is 24.4. The molecule has 6 heteroatoms. The van der Waals surface area contributed by atoms with E-state index in [0.717, 1.165) is 56.6 Å². The van der Waals surface area contributed by atoms with Crippen LogP contribution in [0.5, 0.6) is 0 Å². The number of fused-ring (bicyclic) bond motifs is 1. The largest absolute Gasteiger partial charge is 0.352 e. The smallest absolute Gasteiger partial charge is 0.251 e. The molecule has 2 amide bonds. The molecular formula is C24H40N4O2. The Hall–Kier alpha value is -1.92. The van der Waals surface area contributed by atoms with Crippen molar-refractivity contribution in [3.05, 3.63) is 29.3 Å². The molecule has 0 bridgehead atoms. The van der Waals surface area contributed by atoms with E-state index in [0.29, 0.717) is 18.7 Å². The summed E-state index contributed by atoms with van der Waals surface area (Å²) in [6.07, 6.45) is 6.67. The summed E-state index contributed by atoms with van der Waals surface area (Å²) in [6, 6.07) is 5.76. The lowest BCUT2D eigenvalue weighted by Gasteiger charge is -2.28. The molecule has 1 aliphatic heterocycles. The first-order valence-corrected chi connectivity index (χ1v) is 11.5. The second-order valence-corrected chi connectivity index (χ2v) is 8.85. The van der Waals surface area contributed by atoms with Crippen LogP contribution in [-0.4, -0.2) is 57.0 Å². The van der Waals surface area contributed by atoms with Gasteiger partial charge in [0.05, 0.1) is 0 Å². The summed E-state index contributed by atoms with van der Waals surface area (Å²) in [5.74, 6) is 0.0389. The van der Waals surface area contributed by atoms with E-state index < -0.39 is 0 Å². The van der Waals surface area contributed by atoms with Gasteiger partial charge < -0.3 is 20.4 Å². The summed E-state index contributed by atoms with van der Waals surface area (Å²) < 4.78 is 0. The third-order valence-electron chi connectivity index (χ3n) is 5.51. The number of carbonyl (C=O) groups excluding carboxylic acids is 2. The maximum atomic E-state index is 12.9. The van der Waals surface area contributed by atoms with Gasteiger partial charge in [-0.15, -0.1) is 0 Å². The average Bonchev–Trinajstić information content (AvgIpc) is 2.70. The van der Waals surface area contributed by atoms with Crippen molar-refractivity contribution in [3.8, 4) is 0 Å². The fourth-order valence-electron chi connectivity index (χ4n) is 3.77. The van der Waals surface area contributed by atoms with Crippen LogP contribution in [0.15, 0.2) is 18.2 Å². The number of anilines is 1. The average molecular weight is 417 g/mol. The zero-order valence-electron chi connectivity index (χ0n) is 19.3. The summed E-state index contributed by atoms with van der Waals surface area (Å²) >= 11 is 0. The van der Waals surface area contributed by atoms with Crippen molar-refractivity contribution in [2.24, 2.45) is 5.92 Å². The quantitative estimate of drug-likeness (QED) is 0.698. The third kappa shape index (κ3) is 7.73. The van der Waals surface area contributed by atoms with E-state index in [1.807, 2.05) is 51.0 Å². The highest BCUT2D eigenvalue weighted by atomic mass is 16.2. The van der Waals surface area contributed by atoms with Crippen molar-refractivity contribution >= 4 is 17.5 Å². The molecule has 2 rings (SSSR count). The van der Waals surface area contributed by atoms with Gasteiger partial charge in [-0.3, -0.25) is 9.59 Å². The lowest BCUT2D eigenvalue weighted by atomic mass is 10.0. The fraction of sp³-hybridized carbons (Fsp3) is 0.667. The third-order valence-corrected chi connectivity index (χ3v) is 5.51. The van der Waals surface area contributed by atoms with E-state index >= 15 is 0 Å². The lowest BCUT2D eigenvalue weighted by molar-refractivity contribution is -0.121. The number of carbonyl (C=O) groups is 2. The zero-order valence-corrected chi connectivity index (χ0v) is 19.3. The van der Waals surface area contributed by atoms with Crippen molar-refractivity contribution in [3.63, 3.8) is 0 Å². The van der Waals surface area contributed by atoms with Crippen LogP contribution in [0.25, 0.3) is 0 Å². The van der Waals surface area contributed by atoms with Crippen molar-refractivity contribution in [1.29, 1.82) is 0 Å². The summed E-state index contributed by atoms with van der Waals surface area (Å²) in [6.45, 7) is 7.86. The molecule has 0 aliphatic carbocycles. The zero-order chi connectivity index (χ0) is 21.9. The molecule has 1 aromatic carbocycles. The molecule has 0 saturated heterocycles. The minimum absolute atomic E-state index is 0.0515. The maximum Gasteiger partial charge on any atom is 0.251 e. The molecule has 0 aromatic heterocycles. The molecule has 0 radical (unpaired) electrons. The van der Waals surface area contributed by atoms with Gasteiger partial charge >= 0.3 is 0 Å². The van der Waals surface area contributed by atoms with Crippen molar-refractivity contribution < 1.29 is 9.59 Å². The lowest BCUT2D eigenvalue weighted by Crippen LogP contribution is -2.36. The van der Waals surface area contributed by atoms with Gasteiger partial charge in [-0.25, -0.2) is 0 Å². The Morgan fingerprint density at radius 1 is 1.13 bits per heavy atom. The van der Waals surface area contributed by atoms with Crippen molar-refractivity contribution in [2.75, 3.05) is 45.2 Å². The van der Waals surface area contributed by atoms with E-state index in [4.69, 9.17) is 0 Å². The molecule has 0 saturated carbocycles. The highest BCUT2D eigenvalue weighted by Crippen LogP contribution is 2.25. The number of nitrogens with one attached hydrogen (secondary N) is 2. The topological polar surface area (TPSA) is 64.7 Å². The summed E-state index contributed by atoms with van der Waals surface area (Å²) in [4.78, 5) is 29.6. The van der Waals surface area contributed by atoms with Crippen LogP contribution in [0.1, 0.15) is 68.3 Å². The maximum absolute atomic E-state index is 12.9. The van der Waals surface area contributed by atoms with Crippen molar-refractivity contribution in [1.82, 2.24) is 15.5 Å². The van der Waals surface area contributed by atoms with Crippen LogP contribution in [-0.2, 0) is 11.3 Å². The molecule has 1 heterocycles. The van der Waals surface area contributed by atoms with Crippen LogP contribution in [0.3, 0.4) is 0 Å². The highest BCUT2D eigenvalue weighted by molar-refractivity contribution is 5.98. The minimum atomic E-state index is -0.0570. The van der Waals surface area contributed by atoms with Crippen LogP contribution in [0, 0.1) is 5.92 Å². The van der Waals surface area contributed by atoms with E-state index in [2.05, 4.69) is 15.5 Å². The van der Waals surface area contributed by atoms with Gasteiger partial charge in [-0.2, -0.15) is 0 Å². The molecule has 1 aromatic rings. The van der Waals surface area contributed by atoms with Gasteiger partial charge in [0.25, 0.3) is 5.91 Å². The predicted octanol–water partition coefficient (Wildman–Crippen LogP) is 3.41. The van der Waals surface area contributed by atoms with Gasteiger partial charge in [0.15, 0.2) is 0 Å². The SMILES string of the molecule is CC(C)C(=O)N1CCCCCCCNCc2cc(C(=O)NCCCN(C)C)ccc21. The first-order valence-electron chi connectivity index (χ1n) is 11.5. The van der Waals surface area contributed by atoms with Gasteiger partial charge in [0.2, 0.25) is 5.91 Å². The summed E-state index contributed by atoms with van der Waals surface area (Å²) in [7, 11) is 4.06. The first-order chi connectivity index (χ1) is 14.4. The number of amides is 2. The Morgan fingerprint density at radius 3 is 2.60 bits per heavy atom. The molecule has 30 heavy (non-hydrogen) atoms. The van der Waals surface area contributed by atoms with Crippen LogP contribution < -0.4 is 15.5 Å². The number of nitrogens with zero attached hydrogens (tertiary/aromatic N) is 2. The van der Waals surface area contributed by atoms with E-state index in [1.165, 1.54) is 12.8 Å². The molecule has 168 valence electrons. The van der Waals surface area contributed by atoms with Gasteiger partial charge in [-0.05, 0) is 70.2 Å². The Labute approximate surface area is 182 Å². The molecule has 6 nitrogen and oxygen atoms in total. The van der Waals surface area contributed by atoms with Gasteiger partial charge in [0, 0.05) is 36.8 Å². The van der Waals surface area contributed by atoms with E-state index in [-0.39, 0.29) is 17.7 Å². The Kier molecular flexibility index (Phi) is 10.3. The van der Waals surface area contributed by atoms with Crippen molar-refractivity contribution in [2.45, 2.75) is 58.9 Å². The second-order valence-electron chi connectivity index (χ2n) is 8.85. The monoisotopic (exact) mass is 416 g/mol. The molecular weight excluding hydrogens is 376 g/mol. The van der Waals surface area contributed by atoms with Crippen LogP contribution in [0.2, 0.25) is 0 Å².